The number of aromatic nitrogens is 3. The van der Waals surface area contributed by atoms with E-state index in [2.05, 4.69) is 16.1 Å². The molecule has 10 heteroatoms. The fourth-order valence-electron chi connectivity index (χ4n) is 2.90. The van der Waals surface area contributed by atoms with E-state index in [0.29, 0.717) is 33.1 Å². The normalized spacial score (nSPS) is 11.5. The van der Waals surface area contributed by atoms with Crippen LogP contribution in [0.2, 0.25) is 5.02 Å². The van der Waals surface area contributed by atoms with Crippen molar-refractivity contribution >= 4 is 23.4 Å². The molecular formula is C21H19ClN4O4S. The van der Waals surface area contributed by atoms with Crippen LogP contribution in [-0.4, -0.2) is 39.9 Å². The summed E-state index contributed by atoms with van der Waals surface area (Å²) in [5.41, 5.74) is 1.50. The highest BCUT2D eigenvalue weighted by Crippen LogP contribution is 2.39. The highest BCUT2D eigenvalue weighted by atomic mass is 35.5. The first-order valence-corrected chi connectivity index (χ1v) is 10.4. The Labute approximate surface area is 188 Å². The van der Waals surface area contributed by atoms with E-state index in [1.165, 1.54) is 18.9 Å². The standard InChI is InChI=1S/C21H19ClN4O4S/c1-4-11-30-18-10-5-15(12-19(18)29-3)20(13-25(27)28)31-21-24-23-14(2)26(21)17-8-6-16(22)7-9-17/h1,5-10,12,20H,11,13H2,2-3H3/t20-/m1/s1. The molecule has 0 aliphatic heterocycles. The highest BCUT2D eigenvalue weighted by Gasteiger charge is 2.25. The molecule has 1 aromatic heterocycles. The van der Waals surface area contributed by atoms with Crippen molar-refractivity contribution in [2.45, 2.75) is 17.3 Å². The fourth-order valence-corrected chi connectivity index (χ4v) is 4.19. The van der Waals surface area contributed by atoms with E-state index in [-0.39, 0.29) is 18.1 Å². The summed E-state index contributed by atoms with van der Waals surface area (Å²) in [6.45, 7) is 1.59. The number of hydrogen-bond donors (Lipinski definition) is 0. The van der Waals surface area contributed by atoms with Crippen LogP contribution in [0.15, 0.2) is 47.6 Å². The van der Waals surface area contributed by atoms with E-state index in [1.807, 2.05) is 23.6 Å². The summed E-state index contributed by atoms with van der Waals surface area (Å²) in [5, 5.41) is 20.4. The van der Waals surface area contributed by atoms with Gasteiger partial charge in [0.1, 0.15) is 17.7 Å². The Bertz CT molecular complexity index is 1110. The molecular weight excluding hydrogens is 440 g/mol. The van der Waals surface area contributed by atoms with Crippen molar-refractivity contribution < 1.29 is 14.4 Å². The summed E-state index contributed by atoms with van der Waals surface area (Å²) in [6, 6.07) is 12.4. The van der Waals surface area contributed by atoms with E-state index in [1.54, 1.807) is 30.3 Å². The second-order valence-corrected chi connectivity index (χ2v) is 7.97. The van der Waals surface area contributed by atoms with Gasteiger partial charge in [0.25, 0.3) is 0 Å². The summed E-state index contributed by atoms with van der Waals surface area (Å²) < 4.78 is 12.7. The van der Waals surface area contributed by atoms with Gasteiger partial charge in [-0.1, -0.05) is 35.3 Å². The van der Waals surface area contributed by atoms with E-state index in [0.717, 1.165) is 5.69 Å². The lowest BCUT2D eigenvalue weighted by molar-refractivity contribution is -0.479. The molecule has 0 aliphatic carbocycles. The molecule has 0 bridgehead atoms. The molecule has 160 valence electrons. The molecule has 31 heavy (non-hydrogen) atoms. The Morgan fingerprint density at radius 1 is 1.26 bits per heavy atom. The van der Waals surface area contributed by atoms with Gasteiger partial charge in [-0.3, -0.25) is 14.7 Å². The predicted octanol–water partition coefficient (Wildman–Crippen LogP) is 4.36. The minimum Gasteiger partial charge on any atom is -0.493 e. The number of nitro groups is 1. The zero-order valence-corrected chi connectivity index (χ0v) is 18.4. The number of nitrogens with zero attached hydrogens (tertiary/aromatic N) is 4. The third kappa shape index (κ3) is 5.48. The minimum atomic E-state index is -0.541. The van der Waals surface area contributed by atoms with E-state index in [9.17, 15) is 10.1 Å². The average Bonchev–Trinajstić information content (AvgIpc) is 3.12. The molecule has 0 radical (unpaired) electrons. The Hall–Kier alpha value is -3.22. The van der Waals surface area contributed by atoms with Gasteiger partial charge in [0.15, 0.2) is 16.7 Å². The lowest BCUT2D eigenvalue weighted by Gasteiger charge is -2.16. The first-order chi connectivity index (χ1) is 14.9. The summed E-state index contributed by atoms with van der Waals surface area (Å²) in [7, 11) is 1.50. The van der Waals surface area contributed by atoms with Crippen molar-refractivity contribution in [1.82, 2.24) is 14.8 Å². The number of methoxy groups -OCH3 is 1. The van der Waals surface area contributed by atoms with Crippen LogP contribution in [0.4, 0.5) is 0 Å². The van der Waals surface area contributed by atoms with Crippen molar-refractivity contribution in [2.24, 2.45) is 0 Å². The molecule has 0 amide bonds. The third-order valence-corrected chi connectivity index (χ3v) is 5.75. The first-order valence-electron chi connectivity index (χ1n) is 9.13. The van der Waals surface area contributed by atoms with Gasteiger partial charge in [-0.15, -0.1) is 16.6 Å². The van der Waals surface area contributed by atoms with Crippen molar-refractivity contribution in [3.05, 3.63) is 69.0 Å². The number of hydrogen-bond acceptors (Lipinski definition) is 7. The van der Waals surface area contributed by atoms with E-state index >= 15 is 0 Å². The Balaban J connectivity index is 1.96. The van der Waals surface area contributed by atoms with Crippen LogP contribution >= 0.6 is 23.4 Å². The lowest BCUT2D eigenvalue weighted by atomic mass is 10.1. The van der Waals surface area contributed by atoms with Crippen LogP contribution in [-0.2, 0) is 0 Å². The third-order valence-electron chi connectivity index (χ3n) is 4.31. The fraction of sp³-hybridized carbons (Fsp3) is 0.238. The van der Waals surface area contributed by atoms with Crippen molar-refractivity contribution in [3.63, 3.8) is 0 Å². The van der Waals surface area contributed by atoms with Crippen LogP contribution in [0.3, 0.4) is 0 Å². The molecule has 0 aliphatic rings. The van der Waals surface area contributed by atoms with Crippen LogP contribution in [0.1, 0.15) is 16.6 Å². The minimum absolute atomic E-state index is 0.0895. The summed E-state index contributed by atoms with van der Waals surface area (Å²) in [5.74, 6) is 3.96. The van der Waals surface area contributed by atoms with Gasteiger partial charge in [-0.25, -0.2) is 0 Å². The SMILES string of the molecule is C#CCOc1ccc([C@@H](C[N+](=O)[O-])Sc2nnc(C)n2-c2ccc(Cl)cc2)cc1OC. The maximum Gasteiger partial charge on any atom is 0.220 e. The van der Waals surface area contributed by atoms with Gasteiger partial charge in [0, 0.05) is 15.6 Å². The van der Waals surface area contributed by atoms with Gasteiger partial charge >= 0.3 is 0 Å². The molecule has 0 N–H and O–H groups in total. The molecule has 0 saturated carbocycles. The number of benzene rings is 2. The molecule has 8 nitrogen and oxygen atoms in total. The largest absolute Gasteiger partial charge is 0.493 e. The zero-order valence-electron chi connectivity index (χ0n) is 16.8. The van der Waals surface area contributed by atoms with E-state index < -0.39 is 5.25 Å². The second-order valence-electron chi connectivity index (χ2n) is 6.37. The Kier molecular flexibility index (Phi) is 7.39. The van der Waals surface area contributed by atoms with Gasteiger partial charge < -0.3 is 9.47 Å². The van der Waals surface area contributed by atoms with Crippen LogP contribution in [0.5, 0.6) is 11.5 Å². The number of thioether (sulfide) groups is 1. The van der Waals surface area contributed by atoms with Crippen LogP contribution < -0.4 is 9.47 Å². The highest BCUT2D eigenvalue weighted by molar-refractivity contribution is 7.99. The summed E-state index contributed by atoms with van der Waals surface area (Å²) in [4.78, 5) is 11.0. The zero-order chi connectivity index (χ0) is 22.4. The second kappa shape index (κ2) is 10.2. The van der Waals surface area contributed by atoms with Crippen LogP contribution in [0, 0.1) is 29.4 Å². The van der Waals surface area contributed by atoms with Gasteiger partial charge in [0.05, 0.1) is 7.11 Å². The summed E-state index contributed by atoms with van der Waals surface area (Å²) >= 11 is 7.24. The number of halogens is 1. The molecule has 2 aromatic carbocycles. The van der Waals surface area contributed by atoms with Crippen LogP contribution in [0.25, 0.3) is 5.69 Å². The summed E-state index contributed by atoms with van der Waals surface area (Å²) in [6.07, 6.45) is 5.24. The molecule has 0 spiro atoms. The average molecular weight is 459 g/mol. The molecule has 3 rings (SSSR count). The van der Waals surface area contributed by atoms with Gasteiger partial charge in [-0.2, -0.15) is 0 Å². The monoisotopic (exact) mass is 458 g/mol. The van der Waals surface area contributed by atoms with E-state index in [4.69, 9.17) is 27.5 Å². The Morgan fingerprint density at radius 2 is 2.00 bits per heavy atom. The predicted molar refractivity (Wildman–Crippen MR) is 119 cm³/mol. The van der Waals surface area contributed by atoms with Gasteiger partial charge in [0.2, 0.25) is 6.54 Å². The molecule has 0 saturated heterocycles. The van der Waals surface area contributed by atoms with Gasteiger partial charge in [-0.05, 0) is 48.9 Å². The molecule has 1 atom stereocenters. The number of ether oxygens (including phenoxy) is 2. The number of terminal acetylenes is 1. The molecule has 0 unspecified atom stereocenters. The molecule has 1 heterocycles. The van der Waals surface area contributed by atoms with Crippen molar-refractivity contribution in [1.29, 1.82) is 0 Å². The maximum absolute atomic E-state index is 11.4. The smallest absolute Gasteiger partial charge is 0.220 e. The topological polar surface area (TPSA) is 92.3 Å². The number of aryl methyl sites for hydroxylation is 1. The lowest BCUT2D eigenvalue weighted by Crippen LogP contribution is -2.11. The maximum atomic E-state index is 11.4. The first kappa shape index (κ1) is 22.5. The quantitative estimate of drug-likeness (QED) is 0.203. The van der Waals surface area contributed by atoms with Crippen molar-refractivity contribution in [3.8, 4) is 29.5 Å². The Morgan fingerprint density at radius 3 is 2.65 bits per heavy atom. The van der Waals surface area contributed by atoms with Crippen molar-refractivity contribution in [2.75, 3.05) is 20.3 Å². The number of rotatable bonds is 9. The molecule has 3 aromatic rings. The molecule has 0 fully saturated rings.